The quantitative estimate of drug-likeness (QED) is 0.525. The van der Waals surface area contributed by atoms with Gasteiger partial charge in [0.15, 0.2) is 0 Å². The number of carbonyl (C=O) groups excluding carboxylic acids is 1. The number of anilines is 2. The van der Waals surface area contributed by atoms with Crippen LogP contribution in [-0.4, -0.2) is 83.7 Å². The molecule has 0 unspecified atom stereocenters. The van der Waals surface area contributed by atoms with Gasteiger partial charge in [-0.25, -0.2) is 4.52 Å². The van der Waals surface area contributed by atoms with Crippen molar-refractivity contribution in [1.82, 2.24) is 19.4 Å². The van der Waals surface area contributed by atoms with Crippen molar-refractivity contribution in [2.75, 3.05) is 62.2 Å². The largest absolute Gasteiger partial charge is 0.369 e. The maximum atomic E-state index is 12.8. The van der Waals surface area contributed by atoms with Crippen molar-refractivity contribution in [3.8, 4) is 11.1 Å². The number of nitrogens with zero attached hydrogens (tertiary/aromatic N) is 6. The zero-order valence-electron chi connectivity index (χ0n) is 22.5. The number of rotatable bonds is 5. The molecule has 0 bridgehead atoms. The Hall–Kier alpha value is -3.06. The van der Waals surface area contributed by atoms with Crippen molar-refractivity contribution in [2.45, 2.75) is 39.7 Å². The van der Waals surface area contributed by atoms with E-state index >= 15 is 0 Å². The Kier molecular flexibility index (Phi) is 6.57. The van der Waals surface area contributed by atoms with Crippen molar-refractivity contribution in [2.24, 2.45) is 11.8 Å². The zero-order chi connectivity index (χ0) is 25.5. The molecular weight excluding hydrogens is 460 g/mol. The number of amides is 1. The van der Waals surface area contributed by atoms with E-state index in [2.05, 4.69) is 88.1 Å². The number of fused-ring (bicyclic) bond motifs is 1. The van der Waals surface area contributed by atoms with E-state index in [0.29, 0.717) is 17.9 Å². The van der Waals surface area contributed by atoms with E-state index in [-0.39, 0.29) is 5.92 Å². The summed E-state index contributed by atoms with van der Waals surface area (Å²) < 4.78 is 2.00. The van der Waals surface area contributed by atoms with Gasteiger partial charge in [-0.2, -0.15) is 5.10 Å². The van der Waals surface area contributed by atoms with Crippen LogP contribution in [0.4, 0.5) is 11.4 Å². The molecular formula is C30H40N6O. The molecule has 7 nitrogen and oxygen atoms in total. The molecule has 4 heterocycles. The Morgan fingerprint density at radius 3 is 2.19 bits per heavy atom. The summed E-state index contributed by atoms with van der Waals surface area (Å²) >= 11 is 0. The first kappa shape index (κ1) is 24.3. The molecule has 3 fully saturated rings. The van der Waals surface area contributed by atoms with Crippen molar-refractivity contribution >= 4 is 22.8 Å². The fraction of sp³-hybridized carbons (Fsp3) is 0.533. The molecule has 6 rings (SSSR count). The van der Waals surface area contributed by atoms with Crippen LogP contribution in [0.25, 0.3) is 16.6 Å². The SMILES string of the molecule is CC(C)N1CCN(c2ccc(-c3cc4c(N5CCN(C(=O)[C@H]6C[C@H](C)C6)CC5)ccnn4c3)cc2)CC1. The monoisotopic (exact) mass is 500 g/mol. The van der Waals surface area contributed by atoms with Gasteiger partial charge in [0.05, 0.1) is 11.2 Å². The van der Waals surface area contributed by atoms with E-state index in [1.165, 1.54) is 22.5 Å². The van der Waals surface area contributed by atoms with Crippen molar-refractivity contribution in [1.29, 1.82) is 0 Å². The molecule has 0 spiro atoms. The molecule has 3 aromatic rings. The Bertz CT molecular complexity index is 1230. The average Bonchev–Trinajstić information content (AvgIpc) is 3.36. The zero-order valence-corrected chi connectivity index (χ0v) is 22.5. The highest BCUT2D eigenvalue weighted by atomic mass is 16.2. The first-order chi connectivity index (χ1) is 18.0. The second kappa shape index (κ2) is 10.0. The van der Waals surface area contributed by atoms with E-state index in [1.807, 2.05) is 10.7 Å². The Morgan fingerprint density at radius 1 is 0.865 bits per heavy atom. The lowest BCUT2D eigenvalue weighted by atomic mass is 9.75. The van der Waals surface area contributed by atoms with Gasteiger partial charge in [-0.15, -0.1) is 0 Å². The van der Waals surface area contributed by atoms with Crippen LogP contribution in [0, 0.1) is 11.8 Å². The highest BCUT2D eigenvalue weighted by Crippen LogP contribution is 2.35. The number of carbonyl (C=O) groups is 1. The summed E-state index contributed by atoms with van der Waals surface area (Å²) in [5.74, 6) is 1.34. The lowest BCUT2D eigenvalue weighted by molar-refractivity contribution is -0.140. The number of aromatic nitrogens is 2. The maximum absolute atomic E-state index is 12.8. The van der Waals surface area contributed by atoms with Gasteiger partial charge in [-0.05, 0) is 62.4 Å². The van der Waals surface area contributed by atoms with Crippen LogP contribution in [0.5, 0.6) is 0 Å². The molecule has 1 amide bonds. The van der Waals surface area contributed by atoms with Crippen LogP contribution in [0.3, 0.4) is 0 Å². The molecule has 2 saturated heterocycles. The summed E-state index contributed by atoms with van der Waals surface area (Å²) in [4.78, 5) is 22.3. The summed E-state index contributed by atoms with van der Waals surface area (Å²) in [5, 5.41) is 4.60. The molecule has 7 heteroatoms. The van der Waals surface area contributed by atoms with Crippen LogP contribution in [0.1, 0.15) is 33.6 Å². The summed E-state index contributed by atoms with van der Waals surface area (Å²) in [6.07, 6.45) is 6.14. The molecule has 196 valence electrons. The number of piperazine rings is 2. The Labute approximate surface area is 220 Å². The molecule has 1 saturated carbocycles. The van der Waals surface area contributed by atoms with E-state index in [4.69, 9.17) is 0 Å². The number of benzene rings is 1. The average molecular weight is 501 g/mol. The second-order valence-corrected chi connectivity index (χ2v) is 11.5. The molecule has 0 radical (unpaired) electrons. The summed E-state index contributed by atoms with van der Waals surface area (Å²) in [6.45, 7) is 14.6. The number of hydrogen-bond acceptors (Lipinski definition) is 5. The van der Waals surface area contributed by atoms with Crippen LogP contribution < -0.4 is 9.80 Å². The van der Waals surface area contributed by atoms with Crippen LogP contribution in [0.15, 0.2) is 48.8 Å². The van der Waals surface area contributed by atoms with E-state index in [9.17, 15) is 4.79 Å². The highest BCUT2D eigenvalue weighted by molar-refractivity contribution is 5.82. The third kappa shape index (κ3) is 4.81. The number of hydrogen-bond donors (Lipinski definition) is 0. The Morgan fingerprint density at radius 2 is 1.54 bits per heavy atom. The minimum Gasteiger partial charge on any atom is -0.369 e. The smallest absolute Gasteiger partial charge is 0.225 e. The van der Waals surface area contributed by atoms with E-state index in [0.717, 1.165) is 70.7 Å². The summed E-state index contributed by atoms with van der Waals surface area (Å²) in [6, 6.07) is 14.0. The summed E-state index contributed by atoms with van der Waals surface area (Å²) in [7, 11) is 0. The third-order valence-corrected chi connectivity index (χ3v) is 8.75. The molecule has 3 aliphatic rings. The minimum atomic E-state index is 0.262. The normalized spacial score (nSPS) is 23.1. The second-order valence-electron chi connectivity index (χ2n) is 11.5. The predicted molar refractivity (Wildman–Crippen MR) is 150 cm³/mol. The highest BCUT2D eigenvalue weighted by Gasteiger charge is 2.35. The van der Waals surface area contributed by atoms with Gasteiger partial charge in [0.1, 0.15) is 0 Å². The van der Waals surface area contributed by atoms with Crippen LogP contribution >= 0.6 is 0 Å². The third-order valence-electron chi connectivity index (χ3n) is 8.75. The topological polar surface area (TPSA) is 47.3 Å². The molecule has 0 N–H and O–H groups in total. The summed E-state index contributed by atoms with van der Waals surface area (Å²) in [5.41, 5.74) is 6.03. The van der Waals surface area contributed by atoms with Crippen molar-refractivity contribution in [3.05, 3.63) is 48.8 Å². The van der Waals surface area contributed by atoms with E-state index in [1.54, 1.807) is 0 Å². The van der Waals surface area contributed by atoms with Crippen LogP contribution in [-0.2, 0) is 4.79 Å². The fourth-order valence-corrected chi connectivity index (χ4v) is 6.32. The standard InChI is InChI=1S/C30H40N6O/c1-22(2)32-10-12-33(13-11-32)27-6-4-24(5-7-27)26-20-29-28(8-9-31-36(29)21-26)34-14-16-35(17-15-34)30(37)25-18-23(3)19-25/h4-9,20-23,25H,10-19H2,1-3H3/t23-,25-. The van der Waals surface area contributed by atoms with Gasteiger partial charge < -0.3 is 14.7 Å². The first-order valence-corrected chi connectivity index (χ1v) is 14.1. The molecule has 37 heavy (non-hydrogen) atoms. The lowest BCUT2D eigenvalue weighted by Crippen LogP contribution is -2.52. The Balaban J connectivity index is 1.13. The molecule has 1 aromatic carbocycles. The van der Waals surface area contributed by atoms with Gasteiger partial charge in [0, 0.05) is 88.0 Å². The van der Waals surface area contributed by atoms with Crippen molar-refractivity contribution < 1.29 is 4.79 Å². The van der Waals surface area contributed by atoms with Gasteiger partial charge in [-0.1, -0.05) is 19.1 Å². The van der Waals surface area contributed by atoms with Gasteiger partial charge >= 0.3 is 0 Å². The van der Waals surface area contributed by atoms with E-state index < -0.39 is 0 Å². The molecule has 1 aliphatic carbocycles. The molecule has 0 atom stereocenters. The first-order valence-electron chi connectivity index (χ1n) is 14.1. The minimum absolute atomic E-state index is 0.262. The van der Waals surface area contributed by atoms with Crippen molar-refractivity contribution in [3.63, 3.8) is 0 Å². The van der Waals surface area contributed by atoms with Gasteiger partial charge in [-0.3, -0.25) is 9.69 Å². The van der Waals surface area contributed by atoms with Gasteiger partial charge in [0.2, 0.25) is 5.91 Å². The molecule has 2 aliphatic heterocycles. The predicted octanol–water partition coefficient (Wildman–Crippen LogP) is 4.23. The maximum Gasteiger partial charge on any atom is 0.225 e. The van der Waals surface area contributed by atoms with Crippen LogP contribution in [0.2, 0.25) is 0 Å². The molecule has 2 aromatic heterocycles. The lowest BCUT2D eigenvalue weighted by Gasteiger charge is -2.40. The van der Waals surface area contributed by atoms with Gasteiger partial charge in [0.25, 0.3) is 0 Å². The fourth-order valence-electron chi connectivity index (χ4n) is 6.32.